The normalized spacial score (nSPS) is 24.2. The minimum absolute atomic E-state index is 0.514. The Balaban J connectivity index is 1.50. The Hall–Kier alpha value is -0.960. The number of hydrogen-bond donors (Lipinski definition) is 1. The van der Waals surface area contributed by atoms with Crippen LogP contribution in [0, 0.1) is 5.92 Å². The van der Waals surface area contributed by atoms with E-state index in [0.717, 1.165) is 24.2 Å². The lowest BCUT2D eigenvalue weighted by molar-refractivity contribution is 0.316. The van der Waals surface area contributed by atoms with Gasteiger partial charge in [-0.25, -0.2) is 0 Å². The van der Waals surface area contributed by atoms with E-state index < -0.39 is 0 Å². The molecule has 0 spiro atoms. The molecule has 2 nitrogen and oxygen atoms in total. The lowest BCUT2D eigenvalue weighted by Crippen LogP contribution is -2.29. The number of nitrogens with one attached hydrogen (secondary N) is 1. The van der Waals surface area contributed by atoms with Crippen molar-refractivity contribution in [3.05, 3.63) is 35.9 Å². The van der Waals surface area contributed by atoms with Crippen LogP contribution >= 0.6 is 11.8 Å². The molecule has 17 heavy (non-hydrogen) atoms. The van der Waals surface area contributed by atoms with Gasteiger partial charge < -0.3 is 5.32 Å². The van der Waals surface area contributed by atoms with Crippen molar-refractivity contribution >= 4 is 16.9 Å². The van der Waals surface area contributed by atoms with Crippen molar-refractivity contribution in [3.8, 4) is 0 Å². The largest absolute Gasteiger partial charge is 0.365 e. The topological polar surface area (TPSA) is 24.4 Å². The Labute approximate surface area is 107 Å². The maximum absolute atomic E-state index is 4.59. The molecule has 0 saturated heterocycles. The van der Waals surface area contributed by atoms with Gasteiger partial charge in [0.25, 0.3) is 0 Å². The second-order valence-corrected chi connectivity index (χ2v) is 6.03. The molecular weight excluding hydrogens is 228 g/mol. The zero-order valence-electron chi connectivity index (χ0n) is 9.93. The van der Waals surface area contributed by atoms with E-state index in [1.165, 1.54) is 24.8 Å². The van der Waals surface area contributed by atoms with Crippen molar-refractivity contribution in [2.75, 3.05) is 13.1 Å². The molecule has 1 heterocycles. The Bertz CT molecular complexity index is 398. The molecule has 3 rings (SSSR count). The molecule has 0 bridgehead atoms. The number of benzene rings is 1. The maximum Gasteiger partial charge on any atom is 0.157 e. The van der Waals surface area contributed by atoms with Gasteiger partial charge in [0.15, 0.2) is 5.17 Å². The Morgan fingerprint density at radius 1 is 1.24 bits per heavy atom. The zero-order chi connectivity index (χ0) is 11.5. The average molecular weight is 246 g/mol. The average Bonchev–Trinajstić information content (AvgIpc) is 2.77. The summed E-state index contributed by atoms with van der Waals surface area (Å²) >= 11 is 1.88. The van der Waals surface area contributed by atoms with E-state index >= 15 is 0 Å². The molecule has 1 aromatic rings. The molecule has 1 fully saturated rings. The highest BCUT2D eigenvalue weighted by Crippen LogP contribution is 2.34. The molecule has 1 unspecified atom stereocenters. The fourth-order valence-electron chi connectivity index (χ4n) is 2.24. The van der Waals surface area contributed by atoms with Gasteiger partial charge in [-0.05, 0) is 24.3 Å². The molecule has 90 valence electrons. The monoisotopic (exact) mass is 246 g/mol. The lowest BCUT2D eigenvalue weighted by Gasteiger charge is -2.25. The highest BCUT2D eigenvalue weighted by molar-refractivity contribution is 8.14. The SMILES string of the molecule is c1ccc(C2CN=C(NCC3CCC3)S2)cc1. The summed E-state index contributed by atoms with van der Waals surface area (Å²) in [6, 6.07) is 10.7. The van der Waals surface area contributed by atoms with Crippen LogP contribution in [0.2, 0.25) is 0 Å². The van der Waals surface area contributed by atoms with E-state index in [-0.39, 0.29) is 0 Å². The highest BCUT2D eigenvalue weighted by atomic mass is 32.2. The van der Waals surface area contributed by atoms with E-state index in [9.17, 15) is 0 Å². The van der Waals surface area contributed by atoms with Crippen LogP contribution in [0.25, 0.3) is 0 Å². The third kappa shape index (κ3) is 2.65. The number of hydrogen-bond acceptors (Lipinski definition) is 3. The van der Waals surface area contributed by atoms with Gasteiger partial charge in [0, 0.05) is 6.54 Å². The lowest BCUT2D eigenvalue weighted by atomic mass is 9.86. The summed E-state index contributed by atoms with van der Waals surface area (Å²) in [5.74, 6) is 0.897. The standard InChI is InChI=1S/C14H18N2S/c1-2-7-12(8-3-1)13-10-16-14(17-13)15-9-11-5-4-6-11/h1-3,7-8,11,13H,4-6,9-10H2,(H,15,16). The molecule has 1 aromatic carbocycles. The molecular formula is C14H18N2S. The predicted octanol–water partition coefficient (Wildman–Crippen LogP) is 3.22. The Morgan fingerprint density at radius 3 is 2.76 bits per heavy atom. The van der Waals surface area contributed by atoms with E-state index in [2.05, 4.69) is 40.6 Å². The summed E-state index contributed by atoms with van der Waals surface area (Å²) in [6.45, 7) is 2.04. The van der Waals surface area contributed by atoms with Crippen molar-refractivity contribution in [1.82, 2.24) is 5.32 Å². The van der Waals surface area contributed by atoms with Gasteiger partial charge in [0.05, 0.1) is 11.8 Å². The number of amidine groups is 1. The summed E-state index contributed by atoms with van der Waals surface area (Å²) in [4.78, 5) is 4.59. The van der Waals surface area contributed by atoms with Crippen LogP contribution in [0.15, 0.2) is 35.3 Å². The van der Waals surface area contributed by atoms with Crippen LogP contribution in [0.3, 0.4) is 0 Å². The minimum Gasteiger partial charge on any atom is -0.365 e. The fourth-order valence-corrected chi connectivity index (χ4v) is 3.27. The van der Waals surface area contributed by atoms with Crippen LogP contribution < -0.4 is 5.32 Å². The first-order valence-electron chi connectivity index (χ1n) is 6.42. The first-order chi connectivity index (χ1) is 8.42. The number of thioether (sulfide) groups is 1. The van der Waals surface area contributed by atoms with Crippen LogP contribution in [0.1, 0.15) is 30.1 Å². The molecule has 0 amide bonds. The van der Waals surface area contributed by atoms with Crippen molar-refractivity contribution in [3.63, 3.8) is 0 Å². The van der Waals surface area contributed by atoms with Crippen molar-refractivity contribution in [2.45, 2.75) is 24.5 Å². The van der Waals surface area contributed by atoms with Gasteiger partial charge in [-0.15, -0.1) is 0 Å². The third-order valence-electron chi connectivity index (χ3n) is 3.59. The van der Waals surface area contributed by atoms with Crippen LogP contribution in [-0.2, 0) is 0 Å². The molecule has 3 heteroatoms. The zero-order valence-corrected chi connectivity index (χ0v) is 10.7. The number of nitrogens with zero attached hydrogens (tertiary/aromatic N) is 1. The summed E-state index contributed by atoms with van der Waals surface area (Å²) in [6.07, 6.45) is 4.21. The Kier molecular flexibility index (Phi) is 3.36. The molecule has 2 aliphatic rings. The quantitative estimate of drug-likeness (QED) is 0.885. The van der Waals surface area contributed by atoms with Gasteiger partial charge in [0.1, 0.15) is 0 Å². The second-order valence-electron chi connectivity index (χ2n) is 4.84. The molecule has 1 aliphatic heterocycles. The van der Waals surface area contributed by atoms with Crippen molar-refractivity contribution < 1.29 is 0 Å². The van der Waals surface area contributed by atoms with E-state index in [1.807, 2.05) is 11.8 Å². The van der Waals surface area contributed by atoms with Crippen LogP contribution in [0.5, 0.6) is 0 Å². The van der Waals surface area contributed by atoms with E-state index in [0.29, 0.717) is 5.25 Å². The molecule has 0 aromatic heterocycles. The summed E-state index contributed by atoms with van der Waals surface area (Å²) in [7, 11) is 0. The molecule has 1 aliphatic carbocycles. The molecule has 1 saturated carbocycles. The van der Waals surface area contributed by atoms with Gasteiger partial charge >= 0.3 is 0 Å². The van der Waals surface area contributed by atoms with Gasteiger partial charge in [-0.3, -0.25) is 4.99 Å². The third-order valence-corrected chi connectivity index (χ3v) is 4.80. The summed E-state index contributed by atoms with van der Waals surface area (Å²) in [5.41, 5.74) is 1.39. The first-order valence-corrected chi connectivity index (χ1v) is 7.30. The highest BCUT2D eigenvalue weighted by Gasteiger charge is 2.23. The number of rotatable bonds is 3. The number of aliphatic imine (C=N–C) groups is 1. The minimum atomic E-state index is 0.514. The van der Waals surface area contributed by atoms with Crippen LogP contribution in [0.4, 0.5) is 0 Å². The maximum atomic E-state index is 4.59. The smallest absolute Gasteiger partial charge is 0.157 e. The second kappa shape index (κ2) is 5.13. The fraction of sp³-hybridized carbons (Fsp3) is 0.500. The van der Waals surface area contributed by atoms with Gasteiger partial charge in [-0.2, -0.15) is 0 Å². The van der Waals surface area contributed by atoms with Crippen molar-refractivity contribution in [1.29, 1.82) is 0 Å². The van der Waals surface area contributed by atoms with Crippen LogP contribution in [-0.4, -0.2) is 18.3 Å². The summed E-state index contributed by atoms with van der Waals surface area (Å²) < 4.78 is 0. The van der Waals surface area contributed by atoms with Gasteiger partial charge in [0.2, 0.25) is 0 Å². The van der Waals surface area contributed by atoms with Gasteiger partial charge in [-0.1, -0.05) is 48.5 Å². The van der Waals surface area contributed by atoms with E-state index in [1.54, 1.807) is 0 Å². The van der Waals surface area contributed by atoms with Crippen molar-refractivity contribution in [2.24, 2.45) is 10.9 Å². The van der Waals surface area contributed by atoms with E-state index in [4.69, 9.17) is 0 Å². The summed E-state index contributed by atoms with van der Waals surface area (Å²) in [5, 5.41) is 5.15. The molecule has 1 atom stereocenters. The predicted molar refractivity (Wildman–Crippen MR) is 74.4 cm³/mol. The molecule has 1 N–H and O–H groups in total. The Morgan fingerprint density at radius 2 is 2.06 bits per heavy atom. The molecule has 0 radical (unpaired) electrons. The first kappa shape index (κ1) is 11.1.